The Balaban J connectivity index is 0. The van der Waals surface area contributed by atoms with Crippen molar-refractivity contribution in [3.8, 4) is 0 Å². The molecule has 1 fully saturated rings. The van der Waals surface area contributed by atoms with Gasteiger partial charge < -0.3 is 27.1 Å². The first-order chi connectivity index (χ1) is 9.80. The second-order valence-corrected chi connectivity index (χ2v) is 6.03. The lowest BCUT2D eigenvalue weighted by Gasteiger charge is -2.23. The molecule has 0 aromatic carbocycles. The molecule has 1 aliphatic heterocycles. The van der Waals surface area contributed by atoms with E-state index in [1.807, 2.05) is 6.92 Å². The van der Waals surface area contributed by atoms with E-state index in [4.69, 9.17) is 0 Å². The van der Waals surface area contributed by atoms with Crippen molar-refractivity contribution in [3.63, 3.8) is 0 Å². The van der Waals surface area contributed by atoms with Crippen molar-refractivity contribution in [2.75, 3.05) is 40.8 Å². The summed E-state index contributed by atoms with van der Waals surface area (Å²) in [4.78, 5) is 23.3. The summed E-state index contributed by atoms with van der Waals surface area (Å²) >= 11 is 0. The third-order valence-corrected chi connectivity index (χ3v) is 2.95. The maximum atomic E-state index is 11.0. The summed E-state index contributed by atoms with van der Waals surface area (Å²) in [7, 11) is 6.44. The zero-order valence-electron chi connectivity index (χ0n) is 14.3. The van der Waals surface area contributed by atoms with E-state index in [0.717, 1.165) is 37.0 Å². The standard InChI is InChI=1S/C10H20N2O.C6H9NO.ClH/c1-5-7-10(13)11-8-6-9-12(2,3)4;1-2-7-5-3-4-6(7)8;/h5,7H,6,8-9H2,1-4H3;2H,1,3-5H2;1H. The molecule has 22 heavy (non-hydrogen) atoms. The lowest BCUT2D eigenvalue weighted by Crippen LogP contribution is -3.00. The lowest BCUT2D eigenvalue weighted by molar-refractivity contribution is -0.870. The predicted molar refractivity (Wildman–Crippen MR) is 86.5 cm³/mol. The number of rotatable bonds is 6. The first-order valence-electron chi connectivity index (χ1n) is 7.43. The number of amides is 2. The summed E-state index contributed by atoms with van der Waals surface area (Å²) in [6.07, 6.45) is 7.60. The van der Waals surface area contributed by atoms with Crippen molar-refractivity contribution in [2.45, 2.75) is 26.2 Å². The molecule has 0 saturated carbocycles. The van der Waals surface area contributed by atoms with Gasteiger partial charge in [-0.1, -0.05) is 12.7 Å². The Labute approximate surface area is 141 Å². The van der Waals surface area contributed by atoms with Gasteiger partial charge in [-0.05, 0) is 25.6 Å². The summed E-state index contributed by atoms with van der Waals surface area (Å²) in [5.74, 6) is 0.212. The Kier molecular flexibility index (Phi) is 12.8. The molecule has 6 heteroatoms. The summed E-state index contributed by atoms with van der Waals surface area (Å²) in [5, 5.41) is 2.82. The minimum absolute atomic E-state index is 0. The molecule has 128 valence electrons. The SMILES string of the molecule is C=CN1CCCC1=O.CC=CC(=O)NCCC[N+](C)(C)C.[Cl-]. The van der Waals surface area contributed by atoms with Crippen LogP contribution in [0.2, 0.25) is 0 Å². The summed E-state index contributed by atoms with van der Waals surface area (Å²) in [6.45, 7) is 8.04. The van der Waals surface area contributed by atoms with E-state index in [0.29, 0.717) is 6.42 Å². The Hall–Kier alpha value is -1.33. The van der Waals surface area contributed by atoms with Gasteiger partial charge in [0.05, 0.1) is 27.7 Å². The Morgan fingerprint density at radius 1 is 1.41 bits per heavy atom. The molecule has 1 heterocycles. The fourth-order valence-corrected chi connectivity index (χ4v) is 1.84. The fraction of sp³-hybridized carbons (Fsp3) is 0.625. The number of carbonyl (C=O) groups excluding carboxylic acids is 2. The van der Waals surface area contributed by atoms with Crippen LogP contribution < -0.4 is 17.7 Å². The van der Waals surface area contributed by atoms with E-state index in [9.17, 15) is 9.59 Å². The zero-order valence-corrected chi connectivity index (χ0v) is 15.0. The van der Waals surface area contributed by atoms with Crippen molar-refractivity contribution >= 4 is 11.8 Å². The van der Waals surface area contributed by atoms with Gasteiger partial charge in [0.2, 0.25) is 11.8 Å². The van der Waals surface area contributed by atoms with E-state index in [-0.39, 0.29) is 24.2 Å². The van der Waals surface area contributed by atoms with Gasteiger partial charge in [0.15, 0.2) is 0 Å². The van der Waals surface area contributed by atoms with Crippen molar-refractivity contribution in [3.05, 3.63) is 24.9 Å². The van der Waals surface area contributed by atoms with Gasteiger partial charge in [0, 0.05) is 25.9 Å². The molecule has 5 nitrogen and oxygen atoms in total. The number of quaternary nitrogens is 1. The molecule has 0 spiro atoms. The number of likely N-dealkylation sites (tertiary alicyclic amines) is 1. The van der Waals surface area contributed by atoms with Gasteiger partial charge in [-0.25, -0.2) is 0 Å². The van der Waals surface area contributed by atoms with Crippen LogP contribution in [-0.2, 0) is 9.59 Å². The quantitative estimate of drug-likeness (QED) is 0.367. The van der Waals surface area contributed by atoms with Crippen molar-refractivity contribution in [1.29, 1.82) is 0 Å². The molecule has 2 amide bonds. The minimum atomic E-state index is 0. The number of halogens is 1. The summed E-state index contributed by atoms with van der Waals surface area (Å²) in [5.41, 5.74) is 0. The van der Waals surface area contributed by atoms with Crippen LogP contribution in [0.15, 0.2) is 24.9 Å². The Bertz CT molecular complexity index is 376. The van der Waals surface area contributed by atoms with E-state index < -0.39 is 0 Å². The second-order valence-electron chi connectivity index (χ2n) is 6.03. The highest BCUT2D eigenvalue weighted by molar-refractivity contribution is 5.87. The third kappa shape index (κ3) is 12.4. The maximum absolute atomic E-state index is 11.0. The smallest absolute Gasteiger partial charge is 0.243 e. The zero-order chi connectivity index (χ0) is 16.3. The molecular weight excluding hydrogens is 302 g/mol. The van der Waals surface area contributed by atoms with Gasteiger partial charge >= 0.3 is 0 Å². The molecule has 1 saturated heterocycles. The highest BCUT2D eigenvalue weighted by Gasteiger charge is 2.16. The molecule has 1 aliphatic rings. The molecule has 1 rings (SSSR count). The van der Waals surface area contributed by atoms with Crippen LogP contribution in [0.25, 0.3) is 0 Å². The first kappa shape index (κ1) is 22.9. The van der Waals surface area contributed by atoms with Crippen LogP contribution in [0, 0.1) is 0 Å². The van der Waals surface area contributed by atoms with Crippen LogP contribution in [0.1, 0.15) is 26.2 Å². The van der Waals surface area contributed by atoms with Crippen molar-refractivity contribution in [2.24, 2.45) is 0 Å². The van der Waals surface area contributed by atoms with Gasteiger partial charge in [-0.15, -0.1) is 0 Å². The normalized spacial score (nSPS) is 14.2. The Morgan fingerprint density at radius 2 is 2.05 bits per heavy atom. The highest BCUT2D eigenvalue weighted by Crippen LogP contribution is 2.08. The van der Waals surface area contributed by atoms with Crippen molar-refractivity contribution < 1.29 is 26.5 Å². The number of carbonyl (C=O) groups is 2. The number of hydrogen-bond acceptors (Lipinski definition) is 2. The number of allylic oxidation sites excluding steroid dienone is 1. The van der Waals surface area contributed by atoms with Crippen LogP contribution in [0.5, 0.6) is 0 Å². The van der Waals surface area contributed by atoms with Crippen LogP contribution in [0.3, 0.4) is 0 Å². The lowest BCUT2D eigenvalue weighted by atomic mass is 10.3. The van der Waals surface area contributed by atoms with E-state index in [1.54, 1.807) is 23.3 Å². The van der Waals surface area contributed by atoms with E-state index >= 15 is 0 Å². The minimum Gasteiger partial charge on any atom is -1.00 e. The molecule has 0 unspecified atom stereocenters. The van der Waals surface area contributed by atoms with E-state index in [2.05, 4.69) is 33.0 Å². The summed E-state index contributed by atoms with van der Waals surface area (Å²) < 4.78 is 0.944. The van der Waals surface area contributed by atoms with E-state index in [1.165, 1.54) is 0 Å². The number of nitrogens with one attached hydrogen (secondary N) is 1. The Morgan fingerprint density at radius 3 is 2.41 bits per heavy atom. The topological polar surface area (TPSA) is 49.4 Å². The average molecular weight is 332 g/mol. The fourth-order valence-electron chi connectivity index (χ4n) is 1.84. The van der Waals surface area contributed by atoms with Gasteiger partial charge in [0.25, 0.3) is 0 Å². The van der Waals surface area contributed by atoms with Gasteiger partial charge in [-0.3, -0.25) is 9.59 Å². The van der Waals surface area contributed by atoms with Gasteiger partial charge in [-0.2, -0.15) is 0 Å². The largest absolute Gasteiger partial charge is 1.00 e. The molecular formula is C16H30ClN3O2. The molecule has 0 atom stereocenters. The number of nitrogens with zero attached hydrogens (tertiary/aromatic N) is 2. The van der Waals surface area contributed by atoms with Crippen molar-refractivity contribution in [1.82, 2.24) is 10.2 Å². The molecule has 0 bridgehead atoms. The molecule has 0 aliphatic carbocycles. The molecule has 0 radical (unpaired) electrons. The van der Waals surface area contributed by atoms with Crippen LogP contribution in [0.4, 0.5) is 0 Å². The highest BCUT2D eigenvalue weighted by atomic mass is 35.5. The monoisotopic (exact) mass is 331 g/mol. The predicted octanol–water partition coefficient (Wildman–Crippen LogP) is -1.47. The van der Waals surface area contributed by atoms with Gasteiger partial charge in [0.1, 0.15) is 0 Å². The van der Waals surface area contributed by atoms with Crippen LogP contribution in [-0.4, -0.2) is 62.0 Å². The average Bonchev–Trinajstić information content (AvgIpc) is 2.80. The number of hydrogen-bond donors (Lipinski definition) is 1. The second kappa shape index (κ2) is 12.2. The molecule has 0 aromatic rings. The molecule has 1 N–H and O–H groups in total. The summed E-state index contributed by atoms with van der Waals surface area (Å²) in [6, 6.07) is 0. The third-order valence-electron chi connectivity index (χ3n) is 2.95. The maximum Gasteiger partial charge on any atom is 0.243 e. The van der Waals surface area contributed by atoms with Crippen LogP contribution >= 0.6 is 0 Å². The molecule has 0 aromatic heterocycles. The first-order valence-corrected chi connectivity index (χ1v) is 7.43.